The topological polar surface area (TPSA) is 26.3 Å². The van der Waals surface area contributed by atoms with E-state index in [1.54, 1.807) is 0 Å². The zero-order valence-electron chi connectivity index (χ0n) is 17.0. The first kappa shape index (κ1) is 17.3. The fourth-order valence-corrected chi connectivity index (χ4v) is 8.10. The van der Waals surface area contributed by atoms with Gasteiger partial charge in [-0.15, -0.1) is 0 Å². The Hall–Kier alpha value is -1.57. The number of rotatable bonds is 4. The van der Waals surface area contributed by atoms with Crippen molar-refractivity contribution >= 4 is 5.97 Å². The first-order valence-corrected chi connectivity index (χ1v) is 11.7. The van der Waals surface area contributed by atoms with Crippen LogP contribution in [0, 0.1) is 35.5 Å². The Kier molecular flexibility index (Phi) is 3.84. The third kappa shape index (κ3) is 2.42. The average Bonchev–Trinajstić information content (AvgIpc) is 3.53. The molecular weight excluding hydrogens is 344 g/mol. The molecule has 4 saturated carbocycles. The maximum Gasteiger partial charge on any atom is 0.338 e. The predicted octanol–water partition coefficient (Wildman–Crippen LogP) is 6.13. The summed E-state index contributed by atoms with van der Waals surface area (Å²) in [5, 5.41) is 0. The largest absolute Gasteiger partial charge is 0.455 e. The Labute approximate surface area is 168 Å². The van der Waals surface area contributed by atoms with Crippen molar-refractivity contribution in [2.45, 2.75) is 69.8 Å². The molecule has 0 spiro atoms. The fourth-order valence-electron chi connectivity index (χ4n) is 8.10. The lowest BCUT2D eigenvalue weighted by Gasteiger charge is -2.37. The molecule has 1 aromatic rings. The van der Waals surface area contributed by atoms with Gasteiger partial charge in [0.05, 0.1) is 5.56 Å². The maximum absolute atomic E-state index is 12.9. The van der Waals surface area contributed by atoms with Crippen molar-refractivity contribution in [3.05, 3.63) is 47.5 Å². The molecule has 6 rings (SSSR count). The molecule has 4 fully saturated rings. The predicted molar refractivity (Wildman–Crippen MR) is 110 cm³/mol. The Morgan fingerprint density at radius 1 is 1.07 bits per heavy atom. The first-order valence-electron chi connectivity index (χ1n) is 11.7. The van der Waals surface area contributed by atoms with Crippen LogP contribution in [0.5, 0.6) is 0 Å². The van der Waals surface area contributed by atoms with Gasteiger partial charge in [-0.1, -0.05) is 31.2 Å². The minimum Gasteiger partial charge on any atom is -0.455 e. The lowest BCUT2D eigenvalue weighted by Crippen LogP contribution is -2.31. The third-order valence-corrected chi connectivity index (χ3v) is 9.29. The summed E-state index contributed by atoms with van der Waals surface area (Å²) < 4.78 is 6.08. The van der Waals surface area contributed by atoms with Gasteiger partial charge in [-0.25, -0.2) is 4.79 Å². The molecule has 0 N–H and O–H groups in total. The van der Waals surface area contributed by atoms with Gasteiger partial charge in [0.2, 0.25) is 0 Å². The minimum absolute atomic E-state index is 0.102. The normalized spacial score (nSPS) is 41.5. The van der Waals surface area contributed by atoms with E-state index >= 15 is 0 Å². The van der Waals surface area contributed by atoms with E-state index < -0.39 is 0 Å². The summed E-state index contributed by atoms with van der Waals surface area (Å²) in [5.74, 6) is 5.90. The summed E-state index contributed by atoms with van der Waals surface area (Å²) >= 11 is 0. The molecule has 7 atom stereocenters. The molecule has 4 bridgehead atoms. The van der Waals surface area contributed by atoms with E-state index in [1.165, 1.54) is 37.7 Å². The van der Waals surface area contributed by atoms with Crippen molar-refractivity contribution < 1.29 is 9.53 Å². The molecular formula is C26H32O2. The summed E-state index contributed by atoms with van der Waals surface area (Å²) in [7, 11) is 0. The summed E-state index contributed by atoms with van der Waals surface area (Å²) in [6.45, 7) is 2.16. The second-order valence-corrected chi connectivity index (χ2v) is 10.4. The van der Waals surface area contributed by atoms with Gasteiger partial charge >= 0.3 is 5.97 Å². The third-order valence-electron chi connectivity index (χ3n) is 9.29. The molecule has 0 aromatic heterocycles. The Bertz CT molecular complexity index is 817. The van der Waals surface area contributed by atoms with Gasteiger partial charge in [0.25, 0.3) is 0 Å². The maximum atomic E-state index is 12.9. The van der Waals surface area contributed by atoms with Gasteiger partial charge in [-0.05, 0) is 110 Å². The van der Waals surface area contributed by atoms with E-state index in [9.17, 15) is 4.79 Å². The zero-order chi connectivity index (χ0) is 18.9. The lowest BCUT2D eigenvalue weighted by molar-refractivity contribution is -0.0172. The number of carbonyl (C=O) groups excluding carboxylic acids is 1. The number of carbonyl (C=O) groups is 1. The van der Waals surface area contributed by atoms with Crippen LogP contribution in [-0.2, 0) is 4.74 Å². The fraction of sp³-hybridized carbons (Fsp3) is 0.654. The molecule has 1 aromatic carbocycles. The Balaban J connectivity index is 1.23. The van der Waals surface area contributed by atoms with Crippen LogP contribution in [0.1, 0.15) is 80.1 Å². The average molecular weight is 377 g/mol. The van der Waals surface area contributed by atoms with Crippen LogP contribution in [0.25, 0.3) is 0 Å². The van der Waals surface area contributed by atoms with E-state index in [4.69, 9.17) is 4.74 Å². The van der Waals surface area contributed by atoms with Gasteiger partial charge in [-0.2, -0.15) is 0 Å². The number of ether oxygens (including phenoxy) is 1. The van der Waals surface area contributed by atoms with Crippen LogP contribution in [0.4, 0.5) is 0 Å². The molecule has 28 heavy (non-hydrogen) atoms. The van der Waals surface area contributed by atoms with Crippen molar-refractivity contribution in [1.29, 1.82) is 0 Å². The number of esters is 1. The van der Waals surface area contributed by atoms with Crippen molar-refractivity contribution in [3.63, 3.8) is 0 Å². The smallest absolute Gasteiger partial charge is 0.338 e. The first-order chi connectivity index (χ1) is 13.7. The zero-order valence-corrected chi connectivity index (χ0v) is 17.0. The van der Waals surface area contributed by atoms with E-state index in [0.717, 1.165) is 60.3 Å². The summed E-state index contributed by atoms with van der Waals surface area (Å²) in [4.78, 5) is 12.9. The molecule has 2 heteroatoms. The molecule has 148 valence electrons. The van der Waals surface area contributed by atoms with Crippen LogP contribution in [-0.4, -0.2) is 11.6 Å². The molecule has 5 aliphatic rings. The summed E-state index contributed by atoms with van der Waals surface area (Å²) in [6.07, 6.45) is 14.6. The highest BCUT2D eigenvalue weighted by atomic mass is 16.6. The number of allylic oxidation sites excluding steroid dienone is 2. The van der Waals surface area contributed by atoms with Crippen molar-refractivity contribution in [2.24, 2.45) is 35.5 Å². The van der Waals surface area contributed by atoms with E-state index in [0.29, 0.717) is 5.92 Å². The van der Waals surface area contributed by atoms with E-state index in [-0.39, 0.29) is 11.6 Å². The molecule has 0 amide bonds. The highest BCUT2D eigenvalue weighted by molar-refractivity contribution is 5.90. The van der Waals surface area contributed by atoms with Crippen molar-refractivity contribution in [1.82, 2.24) is 0 Å². The molecule has 7 unspecified atom stereocenters. The lowest BCUT2D eigenvalue weighted by atomic mass is 9.68. The molecule has 0 aliphatic heterocycles. The minimum atomic E-state index is -0.206. The Morgan fingerprint density at radius 2 is 1.86 bits per heavy atom. The van der Waals surface area contributed by atoms with E-state index in [1.807, 2.05) is 6.07 Å². The number of hydrogen-bond acceptors (Lipinski definition) is 2. The van der Waals surface area contributed by atoms with Gasteiger partial charge < -0.3 is 4.74 Å². The second kappa shape index (κ2) is 6.21. The van der Waals surface area contributed by atoms with Crippen LogP contribution in [0.15, 0.2) is 36.4 Å². The van der Waals surface area contributed by atoms with Crippen LogP contribution >= 0.6 is 0 Å². The van der Waals surface area contributed by atoms with Crippen LogP contribution in [0.3, 0.4) is 0 Å². The molecule has 0 heterocycles. The molecule has 2 nitrogen and oxygen atoms in total. The number of hydrogen-bond donors (Lipinski definition) is 0. The van der Waals surface area contributed by atoms with Crippen LogP contribution in [0.2, 0.25) is 0 Å². The van der Waals surface area contributed by atoms with Gasteiger partial charge in [0, 0.05) is 0 Å². The second-order valence-electron chi connectivity index (χ2n) is 10.4. The highest BCUT2D eigenvalue weighted by Crippen LogP contribution is 2.68. The molecule has 5 aliphatic carbocycles. The standard InChI is InChI=1S/C26H32O2/c1-2-26(10-3-4-11-26)28-25(27)19-7-5-6-16(12-19)21-14-20-15-22(21)24-18-9-8-17(13-18)23(20)24/h5-9,12,17-18,20-24H,2-4,10-11,13-15H2,1H3. The molecule has 0 radical (unpaired) electrons. The van der Waals surface area contributed by atoms with E-state index in [2.05, 4.69) is 37.3 Å². The van der Waals surface area contributed by atoms with Gasteiger partial charge in [0.1, 0.15) is 5.60 Å². The number of fused-ring (bicyclic) bond motifs is 9. The monoisotopic (exact) mass is 376 g/mol. The van der Waals surface area contributed by atoms with Crippen molar-refractivity contribution in [3.8, 4) is 0 Å². The highest BCUT2D eigenvalue weighted by Gasteiger charge is 2.61. The van der Waals surface area contributed by atoms with Crippen molar-refractivity contribution in [2.75, 3.05) is 0 Å². The quantitative estimate of drug-likeness (QED) is 0.359. The summed E-state index contributed by atoms with van der Waals surface area (Å²) in [5.41, 5.74) is 1.95. The van der Waals surface area contributed by atoms with Gasteiger partial charge in [-0.3, -0.25) is 0 Å². The van der Waals surface area contributed by atoms with Crippen LogP contribution < -0.4 is 0 Å². The van der Waals surface area contributed by atoms with Gasteiger partial charge in [0.15, 0.2) is 0 Å². The summed E-state index contributed by atoms with van der Waals surface area (Å²) in [6, 6.07) is 8.49. The molecule has 0 saturated heterocycles. The Morgan fingerprint density at radius 3 is 2.64 bits per heavy atom. The number of benzene rings is 1. The SMILES string of the molecule is CCC1(OC(=O)c2cccc(C3CC4CC3C3C5C=CC(C5)C43)c2)CCCC1.